The van der Waals surface area contributed by atoms with Crippen molar-refractivity contribution in [3.63, 3.8) is 0 Å². The van der Waals surface area contributed by atoms with E-state index in [-0.39, 0.29) is 10.8 Å². The van der Waals surface area contributed by atoms with Crippen LogP contribution in [0.4, 0.5) is 0 Å². The minimum absolute atomic E-state index is 0.0764. The summed E-state index contributed by atoms with van der Waals surface area (Å²) in [5.74, 6) is 0.867. The van der Waals surface area contributed by atoms with Gasteiger partial charge in [-0.05, 0) is 46.2 Å². The molecule has 3 rings (SSSR count). The van der Waals surface area contributed by atoms with Crippen LogP contribution in [0.5, 0.6) is 10.9 Å². The third-order valence-electron chi connectivity index (χ3n) is 4.12. The summed E-state index contributed by atoms with van der Waals surface area (Å²) >= 11 is 1.59. The van der Waals surface area contributed by atoms with Crippen LogP contribution in [0.25, 0.3) is 10.2 Å². The van der Waals surface area contributed by atoms with Gasteiger partial charge in [-0.15, -0.1) is 0 Å². The molecule has 0 amide bonds. The van der Waals surface area contributed by atoms with Crippen molar-refractivity contribution >= 4 is 21.6 Å². The van der Waals surface area contributed by atoms with Crippen molar-refractivity contribution in [3.8, 4) is 10.9 Å². The van der Waals surface area contributed by atoms with Crippen LogP contribution >= 0.6 is 11.3 Å². The van der Waals surface area contributed by atoms with E-state index in [9.17, 15) is 0 Å². The maximum atomic E-state index is 6.14. The average Bonchev–Trinajstić information content (AvgIpc) is 2.87. The lowest BCUT2D eigenvalue weighted by Gasteiger charge is -2.25. The van der Waals surface area contributed by atoms with Crippen LogP contribution in [0.15, 0.2) is 42.5 Å². The second-order valence-electron chi connectivity index (χ2n) is 8.30. The fourth-order valence-electron chi connectivity index (χ4n) is 2.52. The molecule has 0 saturated carbocycles. The Hall–Kier alpha value is -1.87. The molecule has 0 aliphatic carbocycles. The fraction of sp³-hybridized carbons (Fsp3) is 0.381. The van der Waals surface area contributed by atoms with E-state index in [1.54, 1.807) is 11.3 Å². The van der Waals surface area contributed by atoms with Gasteiger partial charge in [0.15, 0.2) is 0 Å². The Labute approximate surface area is 148 Å². The standard InChI is InChI=1S/C21H25NOS/c1-20(2,3)14-11-15(21(4,5)6)13-16(12-14)23-19-22-17-9-7-8-10-18(17)24-19/h7-13H,1-6H3. The maximum Gasteiger partial charge on any atom is 0.279 e. The molecule has 0 N–H and O–H groups in total. The van der Waals surface area contributed by atoms with E-state index < -0.39 is 0 Å². The summed E-state index contributed by atoms with van der Waals surface area (Å²) in [6.07, 6.45) is 0. The summed E-state index contributed by atoms with van der Waals surface area (Å²) < 4.78 is 7.29. The zero-order valence-corrected chi connectivity index (χ0v) is 16.1. The number of fused-ring (bicyclic) bond motifs is 1. The maximum absolute atomic E-state index is 6.14. The summed E-state index contributed by atoms with van der Waals surface area (Å²) in [4.78, 5) is 4.59. The summed E-state index contributed by atoms with van der Waals surface area (Å²) in [5, 5.41) is 0.696. The molecule has 0 spiro atoms. The molecule has 1 heterocycles. The van der Waals surface area contributed by atoms with Gasteiger partial charge in [0, 0.05) is 0 Å². The van der Waals surface area contributed by atoms with E-state index in [1.165, 1.54) is 11.1 Å². The predicted molar refractivity (Wildman–Crippen MR) is 104 cm³/mol. The highest BCUT2D eigenvalue weighted by Crippen LogP contribution is 2.36. The topological polar surface area (TPSA) is 22.1 Å². The molecule has 24 heavy (non-hydrogen) atoms. The molecule has 0 aliphatic rings. The molecule has 0 radical (unpaired) electrons. The van der Waals surface area contributed by atoms with Gasteiger partial charge < -0.3 is 4.74 Å². The summed E-state index contributed by atoms with van der Waals surface area (Å²) in [5.41, 5.74) is 3.71. The Morgan fingerprint density at radius 2 is 1.42 bits per heavy atom. The smallest absolute Gasteiger partial charge is 0.279 e. The number of hydrogen-bond acceptors (Lipinski definition) is 3. The number of nitrogens with zero attached hydrogens (tertiary/aromatic N) is 1. The molecule has 3 aromatic rings. The molecular formula is C21H25NOS. The first-order chi connectivity index (χ1) is 11.1. The number of thiazole rings is 1. The average molecular weight is 340 g/mol. The molecule has 126 valence electrons. The van der Waals surface area contributed by atoms with Crippen LogP contribution in [0, 0.1) is 0 Å². The quantitative estimate of drug-likeness (QED) is 0.519. The predicted octanol–water partition coefficient (Wildman–Crippen LogP) is 6.68. The molecular weight excluding hydrogens is 314 g/mol. The summed E-state index contributed by atoms with van der Waals surface area (Å²) in [6, 6.07) is 14.7. The molecule has 2 aromatic carbocycles. The first-order valence-electron chi connectivity index (χ1n) is 8.32. The zero-order valence-electron chi connectivity index (χ0n) is 15.3. The Kier molecular flexibility index (Phi) is 4.16. The molecule has 0 fully saturated rings. The number of ether oxygens (including phenoxy) is 1. The van der Waals surface area contributed by atoms with E-state index in [4.69, 9.17) is 4.74 Å². The SMILES string of the molecule is CC(C)(C)c1cc(Oc2nc3ccccc3s2)cc(C(C)(C)C)c1. The Balaban J connectivity index is 2.03. The zero-order chi connectivity index (χ0) is 17.5. The highest BCUT2D eigenvalue weighted by atomic mass is 32.1. The van der Waals surface area contributed by atoms with E-state index in [0.717, 1.165) is 16.0 Å². The van der Waals surface area contributed by atoms with Crippen LogP contribution in [0.3, 0.4) is 0 Å². The second-order valence-corrected chi connectivity index (χ2v) is 9.29. The first-order valence-corrected chi connectivity index (χ1v) is 9.14. The van der Waals surface area contributed by atoms with Crippen LogP contribution in [0.1, 0.15) is 52.7 Å². The van der Waals surface area contributed by atoms with Crippen molar-refractivity contribution in [2.45, 2.75) is 52.4 Å². The molecule has 1 aromatic heterocycles. The monoisotopic (exact) mass is 339 g/mol. The van der Waals surface area contributed by atoms with Crippen molar-refractivity contribution in [2.75, 3.05) is 0 Å². The van der Waals surface area contributed by atoms with Crippen molar-refractivity contribution in [3.05, 3.63) is 53.6 Å². The Bertz CT molecular complexity index is 800. The lowest BCUT2D eigenvalue weighted by Crippen LogP contribution is -2.16. The van der Waals surface area contributed by atoms with Gasteiger partial charge in [0.1, 0.15) is 5.75 Å². The molecule has 3 heteroatoms. The van der Waals surface area contributed by atoms with E-state index in [2.05, 4.69) is 70.8 Å². The van der Waals surface area contributed by atoms with Crippen molar-refractivity contribution in [2.24, 2.45) is 0 Å². The van der Waals surface area contributed by atoms with Gasteiger partial charge in [-0.2, -0.15) is 0 Å². The van der Waals surface area contributed by atoms with Gasteiger partial charge in [-0.3, -0.25) is 0 Å². The number of para-hydroxylation sites is 1. The Morgan fingerprint density at radius 1 is 0.833 bits per heavy atom. The lowest BCUT2D eigenvalue weighted by molar-refractivity contribution is 0.471. The minimum Gasteiger partial charge on any atom is -0.431 e. The van der Waals surface area contributed by atoms with Gasteiger partial charge >= 0.3 is 0 Å². The van der Waals surface area contributed by atoms with Gasteiger partial charge in [-0.25, -0.2) is 4.98 Å². The minimum atomic E-state index is 0.0764. The van der Waals surface area contributed by atoms with E-state index >= 15 is 0 Å². The van der Waals surface area contributed by atoms with E-state index in [1.807, 2.05) is 18.2 Å². The first kappa shape index (κ1) is 17.0. The number of rotatable bonds is 2. The summed E-state index contributed by atoms with van der Waals surface area (Å²) in [6.45, 7) is 13.4. The van der Waals surface area contributed by atoms with Crippen molar-refractivity contribution in [1.29, 1.82) is 0 Å². The van der Waals surface area contributed by atoms with Crippen molar-refractivity contribution in [1.82, 2.24) is 4.98 Å². The molecule has 0 aliphatic heterocycles. The highest BCUT2D eigenvalue weighted by Gasteiger charge is 2.21. The molecule has 0 saturated heterocycles. The number of aromatic nitrogens is 1. The number of hydrogen-bond donors (Lipinski definition) is 0. The van der Waals surface area contributed by atoms with Crippen molar-refractivity contribution < 1.29 is 4.74 Å². The van der Waals surface area contributed by atoms with Gasteiger partial charge in [-0.1, -0.05) is 71.1 Å². The highest BCUT2D eigenvalue weighted by molar-refractivity contribution is 7.20. The molecule has 0 atom stereocenters. The van der Waals surface area contributed by atoms with Crippen LogP contribution in [-0.2, 0) is 10.8 Å². The number of benzene rings is 2. The van der Waals surface area contributed by atoms with Crippen LogP contribution < -0.4 is 4.74 Å². The van der Waals surface area contributed by atoms with Crippen LogP contribution in [-0.4, -0.2) is 4.98 Å². The lowest BCUT2D eigenvalue weighted by atomic mass is 9.80. The normalized spacial score (nSPS) is 12.6. The van der Waals surface area contributed by atoms with Gasteiger partial charge in [0.05, 0.1) is 10.2 Å². The van der Waals surface area contributed by atoms with Crippen LogP contribution in [0.2, 0.25) is 0 Å². The van der Waals surface area contributed by atoms with E-state index in [0.29, 0.717) is 5.19 Å². The van der Waals surface area contributed by atoms with Gasteiger partial charge in [0.2, 0.25) is 0 Å². The molecule has 0 unspecified atom stereocenters. The summed E-state index contributed by atoms with van der Waals surface area (Å²) in [7, 11) is 0. The molecule has 2 nitrogen and oxygen atoms in total. The van der Waals surface area contributed by atoms with Gasteiger partial charge in [0.25, 0.3) is 5.19 Å². The molecule has 0 bridgehead atoms. The third-order valence-corrected chi connectivity index (χ3v) is 5.03. The fourth-order valence-corrected chi connectivity index (χ4v) is 3.35. The third kappa shape index (κ3) is 3.62. The largest absolute Gasteiger partial charge is 0.431 e. The Morgan fingerprint density at radius 3 is 1.96 bits per heavy atom. The second kappa shape index (κ2) is 5.89.